The highest BCUT2D eigenvalue weighted by atomic mass is 32.1. The van der Waals surface area contributed by atoms with Gasteiger partial charge >= 0.3 is 6.18 Å². The molecular weight excluding hydrogens is 557 g/mol. The minimum absolute atomic E-state index is 0.0136. The van der Waals surface area contributed by atoms with Gasteiger partial charge in [0, 0.05) is 24.6 Å². The molecule has 2 aromatic carbocycles. The first-order valence-electron chi connectivity index (χ1n) is 13.1. The van der Waals surface area contributed by atoms with Gasteiger partial charge in [-0.1, -0.05) is 48.6 Å². The fraction of sp³-hybridized carbons (Fsp3) is 0.379. The number of benzene rings is 2. The number of anilines is 1. The van der Waals surface area contributed by atoms with Crippen LogP contribution in [0.1, 0.15) is 49.1 Å². The molecule has 1 aliphatic heterocycles. The minimum Gasteiger partial charge on any atom is -0.497 e. The van der Waals surface area contributed by atoms with Crippen LogP contribution < -0.4 is 19.9 Å². The molecule has 4 aromatic rings. The van der Waals surface area contributed by atoms with Gasteiger partial charge in [-0.15, -0.1) is 0 Å². The quantitative estimate of drug-likeness (QED) is 0.250. The molecule has 1 aliphatic rings. The Kier molecular flexibility index (Phi) is 8.03. The van der Waals surface area contributed by atoms with Crippen LogP contribution in [0.4, 0.5) is 18.3 Å². The van der Waals surface area contributed by atoms with E-state index in [2.05, 4.69) is 9.97 Å². The predicted molar refractivity (Wildman–Crippen MR) is 150 cm³/mol. The summed E-state index contributed by atoms with van der Waals surface area (Å²) in [6.45, 7) is 2.07. The lowest BCUT2D eigenvalue weighted by Crippen LogP contribution is -2.36. The van der Waals surface area contributed by atoms with Crippen LogP contribution in [0.15, 0.2) is 53.3 Å². The van der Waals surface area contributed by atoms with Gasteiger partial charge in [0.25, 0.3) is 5.56 Å². The van der Waals surface area contributed by atoms with Crippen LogP contribution in [0.25, 0.3) is 10.3 Å². The molecule has 41 heavy (non-hydrogen) atoms. The van der Waals surface area contributed by atoms with E-state index in [1.165, 1.54) is 26.4 Å². The lowest BCUT2D eigenvalue weighted by Gasteiger charge is -2.24. The lowest BCUT2D eigenvalue weighted by molar-refractivity contribution is -0.147. The summed E-state index contributed by atoms with van der Waals surface area (Å²) in [4.78, 5) is 36.8. The topological polar surface area (TPSA) is 86.5 Å². The lowest BCUT2D eigenvalue weighted by atomic mass is 9.93. The van der Waals surface area contributed by atoms with Crippen molar-refractivity contribution in [2.45, 2.75) is 50.9 Å². The van der Waals surface area contributed by atoms with Crippen molar-refractivity contribution in [1.82, 2.24) is 14.5 Å². The van der Waals surface area contributed by atoms with E-state index in [0.29, 0.717) is 40.4 Å². The van der Waals surface area contributed by atoms with Crippen LogP contribution in [0.3, 0.4) is 0 Å². The van der Waals surface area contributed by atoms with E-state index in [0.717, 1.165) is 23.3 Å². The van der Waals surface area contributed by atoms with Gasteiger partial charge in [-0.3, -0.25) is 14.2 Å². The third-order valence-corrected chi connectivity index (χ3v) is 8.32. The van der Waals surface area contributed by atoms with E-state index in [4.69, 9.17) is 9.47 Å². The van der Waals surface area contributed by atoms with Crippen LogP contribution in [0.2, 0.25) is 0 Å². The molecule has 0 radical (unpaired) electrons. The molecule has 0 aliphatic carbocycles. The van der Waals surface area contributed by atoms with Crippen LogP contribution in [0.5, 0.6) is 11.5 Å². The number of hydrogen-bond acceptors (Lipinski definition) is 8. The summed E-state index contributed by atoms with van der Waals surface area (Å²) in [5.74, 6) is -0.550. The Labute approximate surface area is 238 Å². The van der Waals surface area contributed by atoms with Crippen molar-refractivity contribution in [2.24, 2.45) is 0 Å². The smallest absolute Gasteiger partial charge is 0.449 e. The number of halogens is 3. The molecule has 2 atom stereocenters. The monoisotopic (exact) mass is 586 g/mol. The SMILES string of the molecule is COc1ccc(Cn2c(C(F)(F)F)nc3sc(N4CCC[C@@H]4C(=O)C[C@H](C)c4ccccc4)nc3c2=O)c(OC)c1. The van der Waals surface area contributed by atoms with Gasteiger partial charge in [0.1, 0.15) is 11.5 Å². The third kappa shape index (κ3) is 5.79. The minimum atomic E-state index is -4.89. The first kappa shape index (κ1) is 28.6. The summed E-state index contributed by atoms with van der Waals surface area (Å²) >= 11 is 0.900. The number of carbonyl (C=O) groups excluding carboxylic acids is 1. The summed E-state index contributed by atoms with van der Waals surface area (Å²) < 4.78 is 53.5. The van der Waals surface area contributed by atoms with E-state index in [9.17, 15) is 22.8 Å². The fourth-order valence-electron chi connectivity index (χ4n) is 5.20. The number of ether oxygens (including phenoxy) is 2. The summed E-state index contributed by atoms with van der Waals surface area (Å²) in [6.07, 6.45) is -3.23. The number of nitrogens with zero attached hydrogens (tertiary/aromatic N) is 4. The van der Waals surface area contributed by atoms with E-state index in [-0.39, 0.29) is 27.8 Å². The number of alkyl halides is 3. The zero-order valence-corrected chi connectivity index (χ0v) is 23.6. The average molecular weight is 587 g/mol. The molecule has 5 rings (SSSR count). The molecular formula is C29H29F3N4O4S. The standard InChI is InChI=1S/C29H29F3N4O4S/c1-17(18-8-5-4-6-9-18)14-22(37)21-10-7-13-35(21)28-33-24-25(41-28)34-27(29(30,31)32)36(26(24)38)16-19-11-12-20(39-2)15-23(19)40-3/h4-6,8-9,11-12,15,17,21H,7,10,13-14,16H2,1-3H3/t17-,21+/m0/s1. The first-order chi connectivity index (χ1) is 19.6. The van der Waals surface area contributed by atoms with Crippen LogP contribution >= 0.6 is 11.3 Å². The van der Waals surface area contributed by atoms with Crippen molar-refractivity contribution < 1.29 is 27.4 Å². The van der Waals surface area contributed by atoms with Gasteiger partial charge in [0.05, 0.1) is 26.8 Å². The van der Waals surface area contributed by atoms with Crippen molar-refractivity contribution in [3.8, 4) is 11.5 Å². The zero-order chi connectivity index (χ0) is 29.3. The molecule has 0 N–H and O–H groups in total. The Hall–Kier alpha value is -3.93. The number of rotatable bonds is 9. The molecule has 3 heterocycles. The van der Waals surface area contributed by atoms with Gasteiger partial charge in [-0.05, 0) is 36.5 Å². The second-order valence-electron chi connectivity index (χ2n) is 9.99. The van der Waals surface area contributed by atoms with E-state index in [1.807, 2.05) is 37.3 Å². The maximum Gasteiger partial charge on any atom is 0.449 e. The highest BCUT2D eigenvalue weighted by Gasteiger charge is 2.39. The number of fused-ring (bicyclic) bond motifs is 1. The predicted octanol–water partition coefficient (Wildman–Crippen LogP) is 5.67. The maximum absolute atomic E-state index is 14.2. The summed E-state index contributed by atoms with van der Waals surface area (Å²) in [5.41, 5.74) is 0.322. The van der Waals surface area contributed by atoms with E-state index < -0.39 is 30.1 Å². The third-order valence-electron chi connectivity index (χ3n) is 7.33. The molecule has 216 valence electrons. The molecule has 0 spiro atoms. The molecule has 2 aromatic heterocycles. The number of carbonyl (C=O) groups is 1. The molecule has 0 unspecified atom stereocenters. The molecule has 8 nitrogen and oxygen atoms in total. The van der Waals surface area contributed by atoms with Crippen molar-refractivity contribution in [3.63, 3.8) is 0 Å². The Morgan fingerprint density at radius 2 is 1.88 bits per heavy atom. The Morgan fingerprint density at radius 3 is 2.56 bits per heavy atom. The van der Waals surface area contributed by atoms with E-state index in [1.54, 1.807) is 11.0 Å². The highest BCUT2D eigenvalue weighted by Crippen LogP contribution is 2.36. The summed E-state index contributed by atoms with van der Waals surface area (Å²) in [6, 6.07) is 13.9. The first-order valence-corrected chi connectivity index (χ1v) is 14.0. The second-order valence-corrected chi connectivity index (χ2v) is 10.9. The van der Waals surface area contributed by atoms with Crippen molar-refractivity contribution in [3.05, 3.63) is 75.8 Å². The van der Waals surface area contributed by atoms with Crippen molar-refractivity contribution in [2.75, 3.05) is 25.7 Å². The van der Waals surface area contributed by atoms with Gasteiger partial charge in [-0.2, -0.15) is 13.2 Å². The number of aromatic nitrogens is 3. The number of Topliss-reactive ketones (excluding diaryl/α,β-unsaturated/α-hetero) is 1. The molecule has 1 saturated heterocycles. The molecule has 0 amide bonds. The van der Waals surface area contributed by atoms with Gasteiger partial charge in [-0.25, -0.2) is 9.97 Å². The van der Waals surface area contributed by atoms with Crippen LogP contribution in [-0.4, -0.2) is 47.1 Å². The number of ketones is 1. The summed E-state index contributed by atoms with van der Waals surface area (Å²) in [7, 11) is 2.84. The Morgan fingerprint density at radius 1 is 1.12 bits per heavy atom. The summed E-state index contributed by atoms with van der Waals surface area (Å²) in [5, 5.41) is 0.320. The van der Waals surface area contributed by atoms with Crippen molar-refractivity contribution in [1.29, 1.82) is 0 Å². The van der Waals surface area contributed by atoms with E-state index >= 15 is 0 Å². The fourth-order valence-corrected chi connectivity index (χ4v) is 6.21. The van der Waals surface area contributed by atoms with Crippen molar-refractivity contribution >= 4 is 32.6 Å². The Bertz CT molecular complexity index is 1620. The largest absolute Gasteiger partial charge is 0.497 e. The normalized spacial score (nSPS) is 16.2. The maximum atomic E-state index is 14.2. The second kappa shape index (κ2) is 11.5. The molecule has 12 heteroatoms. The average Bonchev–Trinajstić information content (AvgIpc) is 3.62. The molecule has 1 fully saturated rings. The Balaban J connectivity index is 1.49. The molecule has 0 saturated carbocycles. The molecule has 0 bridgehead atoms. The van der Waals surface area contributed by atoms with Crippen LogP contribution in [-0.2, 0) is 17.5 Å². The number of hydrogen-bond donors (Lipinski definition) is 0. The van der Waals surface area contributed by atoms with Gasteiger partial charge < -0.3 is 14.4 Å². The van der Waals surface area contributed by atoms with Crippen LogP contribution in [0, 0.1) is 0 Å². The van der Waals surface area contributed by atoms with Gasteiger partial charge in [0.2, 0.25) is 5.82 Å². The number of thiazole rings is 1. The number of methoxy groups -OCH3 is 2. The van der Waals surface area contributed by atoms with Gasteiger partial charge in [0.15, 0.2) is 21.3 Å². The highest BCUT2D eigenvalue weighted by molar-refractivity contribution is 7.21. The zero-order valence-electron chi connectivity index (χ0n) is 22.8.